The molecule has 4 aromatic rings. The molecule has 0 N–H and O–H groups in total. The van der Waals surface area contributed by atoms with E-state index in [1.54, 1.807) is 24.3 Å². The van der Waals surface area contributed by atoms with Crippen molar-refractivity contribution in [3.05, 3.63) is 36.4 Å². The van der Waals surface area contributed by atoms with Gasteiger partial charge in [-0.2, -0.15) is 8.61 Å². The maximum absolute atomic E-state index is 13.2. The lowest BCUT2D eigenvalue weighted by Crippen LogP contribution is -2.37. The van der Waals surface area contributed by atoms with E-state index in [2.05, 4.69) is 29.9 Å². The molecule has 12 nitrogen and oxygen atoms in total. The number of nitrogens with zero attached hydrogens (tertiary/aromatic N) is 6. The molecule has 2 aromatic carbocycles. The van der Waals surface area contributed by atoms with Crippen LogP contribution in [0.25, 0.3) is 22.1 Å². The third-order valence-corrected chi connectivity index (χ3v) is 9.01. The number of fused-ring (bicyclic) bond motifs is 2. The van der Waals surface area contributed by atoms with E-state index in [0.29, 0.717) is 17.5 Å². The van der Waals surface area contributed by atoms with Gasteiger partial charge in [0.05, 0.1) is 0 Å². The van der Waals surface area contributed by atoms with E-state index in [0.717, 1.165) is 0 Å². The molecule has 2 aromatic heterocycles. The van der Waals surface area contributed by atoms with Crippen LogP contribution in [0.1, 0.15) is 6.42 Å². The Balaban J connectivity index is 1.44. The zero-order chi connectivity index (χ0) is 21.6. The monoisotopic (exact) mass is 464 g/mol. The molecule has 0 radical (unpaired) electrons. The lowest BCUT2D eigenvalue weighted by atomic mass is 10.3. The Morgan fingerprint density at radius 1 is 0.645 bits per heavy atom. The molecule has 1 aliphatic heterocycles. The van der Waals surface area contributed by atoms with E-state index >= 15 is 0 Å². The standard InChI is InChI=1S/C17H16N6O6S2/c24-30(25,14-6-1-4-12-16(14)20-28-18-12)22-8-3-9-23(11-10-22)31(26,27)15-7-2-5-13-17(15)21-29-19-13/h1-2,4-7H,3,8-11H2. The van der Waals surface area contributed by atoms with Gasteiger partial charge in [0, 0.05) is 26.2 Å². The van der Waals surface area contributed by atoms with Crippen LogP contribution in [-0.4, -0.2) is 72.3 Å². The molecule has 1 fully saturated rings. The van der Waals surface area contributed by atoms with Gasteiger partial charge in [-0.15, -0.1) is 0 Å². The maximum atomic E-state index is 13.2. The number of aromatic nitrogens is 4. The van der Waals surface area contributed by atoms with E-state index in [9.17, 15) is 16.8 Å². The van der Waals surface area contributed by atoms with E-state index in [4.69, 9.17) is 0 Å². The second kappa shape index (κ2) is 7.33. The molecule has 5 rings (SSSR count). The van der Waals surface area contributed by atoms with Crippen LogP contribution >= 0.6 is 0 Å². The lowest BCUT2D eigenvalue weighted by Gasteiger charge is -2.21. The summed E-state index contributed by atoms with van der Waals surface area (Å²) in [5, 5.41) is 14.8. The van der Waals surface area contributed by atoms with Crippen LogP contribution in [-0.2, 0) is 20.0 Å². The Hall–Kier alpha value is -2.94. The highest BCUT2D eigenvalue weighted by Gasteiger charge is 2.34. The Bertz CT molecular complexity index is 1370. The molecule has 162 valence electrons. The third-order valence-electron chi connectivity index (χ3n) is 5.15. The molecule has 0 unspecified atom stereocenters. The van der Waals surface area contributed by atoms with Gasteiger partial charge in [0.25, 0.3) is 0 Å². The second-order valence-electron chi connectivity index (χ2n) is 6.94. The van der Waals surface area contributed by atoms with Crippen LogP contribution in [0.5, 0.6) is 0 Å². The molecule has 0 spiro atoms. The summed E-state index contributed by atoms with van der Waals surface area (Å²) >= 11 is 0. The van der Waals surface area contributed by atoms with Crippen LogP contribution < -0.4 is 0 Å². The van der Waals surface area contributed by atoms with Gasteiger partial charge < -0.3 is 0 Å². The first-order valence-corrected chi connectivity index (χ1v) is 12.2. The van der Waals surface area contributed by atoms with Crippen molar-refractivity contribution in [3.8, 4) is 0 Å². The van der Waals surface area contributed by atoms with Gasteiger partial charge in [0.1, 0.15) is 20.8 Å². The fourth-order valence-corrected chi connectivity index (χ4v) is 6.82. The number of hydrogen-bond donors (Lipinski definition) is 0. The molecule has 1 saturated heterocycles. The first-order chi connectivity index (χ1) is 14.9. The van der Waals surface area contributed by atoms with Gasteiger partial charge in [0.2, 0.25) is 20.0 Å². The molecule has 0 amide bonds. The average Bonchev–Trinajstić information content (AvgIpc) is 3.36. The lowest BCUT2D eigenvalue weighted by molar-refractivity contribution is 0.315. The predicted molar refractivity (Wildman–Crippen MR) is 106 cm³/mol. The zero-order valence-corrected chi connectivity index (χ0v) is 17.6. The third kappa shape index (κ3) is 3.27. The topological polar surface area (TPSA) is 153 Å². The number of benzene rings is 2. The molecule has 14 heteroatoms. The highest BCUT2D eigenvalue weighted by Crippen LogP contribution is 2.27. The van der Waals surface area contributed by atoms with E-state index < -0.39 is 20.0 Å². The minimum atomic E-state index is -3.93. The molecule has 31 heavy (non-hydrogen) atoms. The molecule has 0 bridgehead atoms. The fraction of sp³-hybridized carbons (Fsp3) is 0.294. The number of hydrogen-bond acceptors (Lipinski definition) is 10. The minimum Gasteiger partial charge on any atom is -0.243 e. The van der Waals surface area contributed by atoms with Gasteiger partial charge in [-0.25, -0.2) is 26.1 Å². The Morgan fingerprint density at radius 2 is 1.10 bits per heavy atom. The van der Waals surface area contributed by atoms with Crippen molar-refractivity contribution in [2.45, 2.75) is 16.2 Å². The molecule has 0 saturated carbocycles. The van der Waals surface area contributed by atoms with Crippen LogP contribution in [0, 0.1) is 0 Å². The minimum absolute atomic E-state index is 0.0176. The zero-order valence-electron chi connectivity index (χ0n) is 15.9. The largest absolute Gasteiger partial charge is 0.245 e. The Labute approximate surface area is 176 Å². The Kier molecular flexibility index (Phi) is 4.73. The molecule has 0 atom stereocenters. The number of rotatable bonds is 4. The van der Waals surface area contributed by atoms with Crippen LogP contribution in [0.4, 0.5) is 0 Å². The quantitative estimate of drug-likeness (QED) is 0.425. The van der Waals surface area contributed by atoms with Crippen molar-refractivity contribution in [1.82, 2.24) is 29.2 Å². The summed E-state index contributed by atoms with van der Waals surface area (Å²) in [5.41, 5.74) is 0.937. The second-order valence-corrected chi connectivity index (χ2v) is 10.8. The molecule has 0 aliphatic carbocycles. The van der Waals surface area contributed by atoms with Crippen molar-refractivity contribution in [2.24, 2.45) is 0 Å². The fourth-order valence-electron chi connectivity index (χ4n) is 3.61. The SMILES string of the molecule is O=S(=O)(c1cccc2nonc12)N1CCCN(S(=O)(=O)c2cccc3nonc23)CC1. The molecular formula is C17H16N6O6S2. The smallest absolute Gasteiger partial charge is 0.243 e. The van der Waals surface area contributed by atoms with Gasteiger partial charge in [-0.1, -0.05) is 12.1 Å². The highest BCUT2D eigenvalue weighted by atomic mass is 32.2. The molecule has 3 heterocycles. The van der Waals surface area contributed by atoms with Crippen LogP contribution in [0.2, 0.25) is 0 Å². The summed E-state index contributed by atoms with van der Waals surface area (Å²) in [6.45, 7) is 0.282. The van der Waals surface area contributed by atoms with Gasteiger partial charge in [-0.3, -0.25) is 0 Å². The summed E-state index contributed by atoms with van der Waals surface area (Å²) in [4.78, 5) is -0.0537. The average molecular weight is 464 g/mol. The van der Waals surface area contributed by atoms with E-state index in [-0.39, 0.29) is 47.0 Å². The molecular weight excluding hydrogens is 448 g/mol. The Morgan fingerprint density at radius 3 is 1.55 bits per heavy atom. The van der Waals surface area contributed by atoms with Crippen LogP contribution in [0.3, 0.4) is 0 Å². The maximum Gasteiger partial charge on any atom is 0.245 e. The summed E-state index contributed by atoms with van der Waals surface area (Å²) in [6, 6.07) is 9.17. The summed E-state index contributed by atoms with van der Waals surface area (Å²) < 4.78 is 64.8. The highest BCUT2D eigenvalue weighted by molar-refractivity contribution is 7.89. The summed E-state index contributed by atoms with van der Waals surface area (Å²) in [6.07, 6.45) is 0.318. The van der Waals surface area contributed by atoms with Crippen molar-refractivity contribution < 1.29 is 26.1 Å². The predicted octanol–water partition coefficient (Wildman–Crippen LogP) is 0.844. The van der Waals surface area contributed by atoms with Crippen LogP contribution in [0.15, 0.2) is 55.4 Å². The normalized spacial score (nSPS) is 17.3. The van der Waals surface area contributed by atoms with E-state index in [1.165, 1.54) is 20.7 Å². The first-order valence-electron chi connectivity index (χ1n) is 9.32. The number of sulfonamides is 2. The van der Waals surface area contributed by atoms with Crippen molar-refractivity contribution in [2.75, 3.05) is 26.2 Å². The summed E-state index contributed by atoms with van der Waals surface area (Å²) in [5.74, 6) is 0. The van der Waals surface area contributed by atoms with Crippen molar-refractivity contribution >= 4 is 42.1 Å². The van der Waals surface area contributed by atoms with Gasteiger partial charge in [0.15, 0.2) is 11.0 Å². The van der Waals surface area contributed by atoms with Gasteiger partial charge >= 0.3 is 0 Å². The first kappa shape index (κ1) is 20.0. The molecule has 1 aliphatic rings. The van der Waals surface area contributed by atoms with Crippen molar-refractivity contribution in [3.63, 3.8) is 0 Å². The van der Waals surface area contributed by atoms with Crippen molar-refractivity contribution in [1.29, 1.82) is 0 Å². The van der Waals surface area contributed by atoms with Gasteiger partial charge in [-0.05, 0) is 51.3 Å². The summed E-state index contributed by atoms with van der Waals surface area (Å²) in [7, 11) is -7.86. The van der Waals surface area contributed by atoms with E-state index in [1.807, 2.05) is 0 Å².